The molecule has 74 valence electrons. The van der Waals surface area contributed by atoms with Crippen molar-refractivity contribution in [2.75, 3.05) is 19.6 Å². The molecular weight excluding hydrogens is 178 g/mol. The van der Waals surface area contributed by atoms with Crippen LogP contribution in [0.5, 0.6) is 0 Å². The quantitative estimate of drug-likeness (QED) is 0.649. The minimum absolute atomic E-state index is 0.0480. The first-order chi connectivity index (χ1) is 6.08. The molecule has 5 heteroatoms. The molecule has 1 fully saturated rings. The minimum atomic E-state index is -2.68. The van der Waals surface area contributed by atoms with Crippen LogP contribution in [-0.4, -0.2) is 41.7 Å². The van der Waals surface area contributed by atoms with Gasteiger partial charge in [0, 0.05) is 13.1 Å². The van der Waals surface area contributed by atoms with Gasteiger partial charge < -0.3 is 5.11 Å². The summed E-state index contributed by atoms with van der Waals surface area (Å²) in [4.78, 5) is 1.76. The first-order valence-electron chi connectivity index (χ1n) is 4.18. The summed E-state index contributed by atoms with van der Waals surface area (Å²) in [5, 5.41) is 17.7. The van der Waals surface area contributed by atoms with E-state index in [1.807, 2.05) is 6.07 Å². The zero-order valence-electron chi connectivity index (χ0n) is 7.21. The summed E-state index contributed by atoms with van der Waals surface area (Å²) in [6, 6.07) is 1.95. The molecule has 0 aromatic rings. The third-order valence-electron chi connectivity index (χ3n) is 2.42. The number of nitrogens with zero attached hydrogens (tertiary/aromatic N) is 2. The van der Waals surface area contributed by atoms with Gasteiger partial charge in [0.05, 0.1) is 12.6 Å². The highest BCUT2D eigenvalue weighted by Crippen LogP contribution is 2.28. The minimum Gasteiger partial charge on any atom is -0.384 e. The van der Waals surface area contributed by atoms with Crippen molar-refractivity contribution in [1.82, 2.24) is 4.90 Å². The normalized spacial score (nSPS) is 23.0. The van der Waals surface area contributed by atoms with Crippen LogP contribution in [0.3, 0.4) is 0 Å². The molecule has 1 aliphatic rings. The maximum Gasteiger partial charge on any atom is 0.266 e. The van der Waals surface area contributed by atoms with Crippen molar-refractivity contribution in [3.05, 3.63) is 0 Å². The van der Waals surface area contributed by atoms with E-state index in [2.05, 4.69) is 0 Å². The van der Waals surface area contributed by atoms with Gasteiger partial charge in [-0.1, -0.05) is 0 Å². The van der Waals surface area contributed by atoms with Gasteiger partial charge in [-0.15, -0.1) is 0 Å². The molecule has 13 heavy (non-hydrogen) atoms. The molecule has 3 nitrogen and oxygen atoms in total. The lowest BCUT2D eigenvalue weighted by molar-refractivity contribution is -0.125. The van der Waals surface area contributed by atoms with E-state index in [1.165, 1.54) is 0 Å². The fraction of sp³-hybridized carbons (Fsp3) is 0.875. The molecule has 0 unspecified atom stereocenters. The van der Waals surface area contributed by atoms with Crippen molar-refractivity contribution in [1.29, 1.82) is 5.26 Å². The molecule has 0 atom stereocenters. The molecule has 0 aromatic heterocycles. The highest BCUT2D eigenvalue weighted by atomic mass is 19.3. The topological polar surface area (TPSA) is 47.3 Å². The van der Waals surface area contributed by atoms with Crippen molar-refractivity contribution in [2.24, 2.45) is 0 Å². The summed E-state index contributed by atoms with van der Waals surface area (Å²) in [5.74, 6) is 0. The number of hydrogen-bond acceptors (Lipinski definition) is 3. The SMILES string of the molecule is N#CCN1CCC(O)(C(F)F)CC1. The Balaban J connectivity index is 2.43. The lowest BCUT2D eigenvalue weighted by Gasteiger charge is -2.36. The Bertz CT molecular complexity index is 207. The van der Waals surface area contributed by atoms with Gasteiger partial charge in [-0.05, 0) is 12.8 Å². The fourth-order valence-electron chi connectivity index (χ4n) is 1.42. The first kappa shape index (κ1) is 10.4. The Labute approximate surface area is 75.6 Å². The van der Waals surface area contributed by atoms with Gasteiger partial charge >= 0.3 is 0 Å². The lowest BCUT2D eigenvalue weighted by atomic mass is 9.92. The van der Waals surface area contributed by atoms with Gasteiger partial charge in [-0.25, -0.2) is 8.78 Å². The third kappa shape index (κ3) is 2.36. The van der Waals surface area contributed by atoms with E-state index in [-0.39, 0.29) is 19.4 Å². The summed E-state index contributed by atoms with van der Waals surface area (Å²) >= 11 is 0. The van der Waals surface area contributed by atoms with Crippen LogP contribution >= 0.6 is 0 Å². The maximum atomic E-state index is 12.3. The van der Waals surface area contributed by atoms with E-state index < -0.39 is 12.0 Å². The van der Waals surface area contributed by atoms with E-state index in [9.17, 15) is 13.9 Å². The number of halogens is 2. The average molecular weight is 190 g/mol. The van der Waals surface area contributed by atoms with E-state index in [4.69, 9.17) is 5.26 Å². The zero-order valence-corrected chi connectivity index (χ0v) is 7.21. The second kappa shape index (κ2) is 3.99. The molecular formula is C8H12F2N2O. The monoisotopic (exact) mass is 190 g/mol. The molecule has 0 bridgehead atoms. The van der Waals surface area contributed by atoms with Crippen molar-refractivity contribution in [3.8, 4) is 6.07 Å². The van der Waals surface area contributed by atoms with E-state index in [0.717, 1.165) is 0 Å². The van der Waals surface area contributed by atoms with E-state index in [0.29, 0.717) is 13.1 Å². The number of rotatable bonds is 2. The van der Waals surface area contributed by atoms with Gasteiger partial charge in [0.15, 0.2) is 0 Å². The predicted molar refractivity (Wildman–Crippen MR) is 42.2 cm³/mol. The van der Waals surface area contributed by atoms with Crippen LogP contribution in [0.1, 0.15) is 12.8 Å². The van der Waals surface area contributed by atoms with Crippen molar-refractivity contribution in [2.45, 2.75) is 24.9 Å². The second-order valence-electron chi connectivity index (χ2n) is 3.34. The maximum absolute atomic E-state index is 12.3. The summed E-state index contributed by atoms with van der Waals surface area (Å²) in [5.41, 5.74) is -1.83. The third-order valence-corrected chi connectivity index (χ3v) is 2.42. The smallest absolute Gasteiger partial charge is 0.266 e. The molecule has 1 rings (SSSR count). The number of aliphatic hydroxyl groups is 1. The Morgan fingerprint density at radius 1 is 1.46 bits per heavy atom. The van der Waals surface area contributed by atoms with Crippen molar-refractivity contribution in [3.63, 3.8) is 0 Å². The zero-order chi connectivity index (χ0) is 9.90. The Kier molecular flexibility index (Phi) is 3.17. The molecule has 0 aromatic carbocycles. The summed E-state index contributed by atoms with van der Waals surface area (Å²) in [6.45, 7) is 0.988. The van der Waals surface area contributed by atoms with Crippen LogP contribution in [0.15, 0.2) is 0 Å². The lowest BCUT2D eigenvalue weighted by Crippen LogP contribution is -2.48. The van der Waals surface area contributed by atoms with Crippen molar-refractivity contribution >= 4 is 0 Å². The highest BCUT2D eigenvalue weighted by Gasteiger charge is 2.40. The van der Waals surface area contributed by atoms with Crippen LogP contribution in [0.2, 0.25) is 0 Å². The molecule has 0 aliphatic carbocycles. The van der Waals surface area contributed by atoms with Gasteiger partial charge in [-0.3, -0.25) is 4.90 Å². The predicted octanol–water partition coefficient (Wildman–Crippen LogP) is 0.602. The fourth-order valence-corrected chi connectivity index (χ4v) is 1.42. The number of hydrogen-bond donors (Lipinski definition) is 1. The number of piperidine rings is 1. The number of likely N-dealkylation sites (tertiary alicyclic amines) is 1. The van der Waals surface area contributed by atoms with Crippen LogP contribution < -0.4 is 0 Å². The van der Waals surface area contributed by atoms with Crippen molar-refractivity contribution < 1.29 is 13.9 Å². The van der Waals surface area contributed by atoms with Crippen LogP contribution in [0.4, 0.5) is 8.78 Å². The van der Waals surface area contributed by atoms with Gasteiger partial charge in [-0.2, -0.15) is 5.26 Å². The van der Waals surface area contributed by atoms with E-state index >= 15 is 0 Å². The van der Waals surface area contributed by atoms with Crippen LogP contribution in [-0.2, 0) is 0 Å². The molecule has 1 saturated heterocycles. The molecule has 0 amide bonds. The molecule has 1 N–H and O–H groups in total. The summed E-state index contributed by atoms with van der Waals surface area (Å²) in [7, 11) is 0. The number of alkyl halides is 2. The summed E-state index contributed by atoms with van der Waals surface area (Å²) < 4.78 is 24.6. The van der Waals surface area contributed by atoms with Gasteiger partial charge in [0.25, 0.3) is 6.43 Å². The average Bonchev–Trinajstić information content (AvgIpc) is 2.09. The summed E-state index contributed by atoms with van der Waals surface area (Å²) in [6.07, 6.45) is -2.59. The van der Waals surface area contributed by atoms with Crippen LogP contribution in [0, 0.1) is 11.3 Å². The van der Waals surface area contributed by atoms with Crippen LogP contribution in [0.25, 0.3) is 0 Å². The molecule has 1 heterocycles. The first-order valence-corrected chi connectivity index (χ1v) is 4.18. The second-order valence-corrected chi connectivity index (χ2v) is 3.34. The number of nitriles is 1. The van der Waals surface area contributed by atoms with Gasteiger partial charge in [0.2, 0.25) is 0 Å². The van der Waals surface area contributed by atoms with Gasteiger partial charge in [0.1, 0.15) is 5.60 Å². The standard InChI is InChI=1S/C8H12F2N2O/c9-7(10)8(13)1-4-12(5-2-8)6-3-11/h7,13H,1-2,4-6H2. The molecule has 1 aliphatic heterocycles. The Morgan fingerprint density at radius 2 is 2.00 bits per heavy atom. The molecule has 0 spiro atoms. The Hall–Kier alpha value is -0.730. The molecule has 0 radical (unpaired) electrons. The highest BCUT2D eigenvalue weighted by molar-refractivity contribution is 4.90. The van der Waals surface area contributed by atoms with E-state index in [1.54, 1.807) is 4.90 Å². The Morgan fingerprint density at radius 3 is 2.38 bits per heavy atom. The largest absolute Gasteiger partial charge is 0.384 e. The molecule has 0 saturated carbocycles.